The minimum absolute atomic E-state index is 0.0136. The maximum Gasteiger partial charge on any atom is 0.238 e. The fourth-order valence-electron chi connectivity index (χ4n) is 2.28. The Morgan fingerprint density at radius 1 is 1.12 bits per heavy atom. The highest BCUT2D eigenvalue weighted by molar-refractivity contribution is 9.10. The summed E-state index contributed by atoms with van der Waals surface area (Å²) in [5, 5.41) is 5.09. The maximum absolute atomic E-state index is 12.4. The zero-order valence-corrected chi connectivity index (χ0v) is 15.8. The van der Waals surface area contributed by atoms with Crippen LogP contribution < -0.4 is 5.14 Å². The van der Waals surface area contributed by atoms with Crippen molar-refractivity contribution >= 4 is 31.9 Å². The van der Waals surface area contributed by atoms with Crippen molar-refractivity contribution in [2.45, 2.75) is 24.3 Å². The molecule has 2 rings (SSSR count). The maximum atomic E-state index is 12.4. The molecule has 0 saturated heterocycles. The number of sulfonamides is 1. The molecule has 2 aromatic rings. The predicted molar refractivity (Wildman–Crippen MR) is 96.8 cm³/mol. The van der Waals surface area contributed by atoms with Gasteiger partial charge >= 0.3 is 0 Å². The number of hydrogen-bond donors (Lipinski definition) is 1. The minimum Gasteiger partial charge on any atom is -0.339 e. The Balaban J connectivity index is 2.09. The van der Waals surface area contributed by atoms with Gasteiger partial charge in [0.25, 0.3) is 0 Å². The summed E-state index contributed by atoms with van der Waals surface area (Å²) >= 11 is 3.37. The van der Waals surface area contributed by atoms with Crippen molar-refractivity contribution in [3.63, 3.8) is 0 Å². The van der Waals surface area contributed by atoms with Gasteiger partial charge in [-0.3, -0.25) is 4.79 Å². The van der Waals surface area contributed by atoms with E-state index in [1.807, 2.05) is 31.2 Å². The Labute approximate surface area is 150 Å². The van der Waals surface area contributed by atoms with E-state index in [0.29, 0.717) is 6.42 Å². The van der Waals surface area contributed by atoms with Gasteiger partial charge in [-0.05, 0) is 42.3 Å². The van der Waals surface area contributed by atoms with Gasteiger partial charge in [-0.2, -0.15) is 0 Å². The fraction of sp³-hybridized carbons (Fsp3) is 0.235. The number of nitrogens with two attached hydrogens (primary N) is 1. The Kier molecular flexibility index (Phi) is 5.79. The number of primary sulfonamides is 1. The first-order chi connectivity index (χ1) is 11.2. The van der Waals surface area contributed by atoms with Crippen LogP contribution in [-0.4, -0.2) is 26.3 Å². The summed E-state index contributed by atoms with van der Waals surface area (Å²) < 4.78 is 23.6. The van der Waals surface area contributed by atoms with Gasteiger partial charge < -0.3 is 4.90 Å². The average Bonchev–Trinajstić information content (AvgIpc) is 2.55. The van der Waals surface area contributed by atoms with Crippen LogP contribution in [0.15, 0.2) is 57.9 Å². The lowest BCUT2D eigenvalue weighted by molar-refractivity contribution is -0.131. The average molecular weight is 411 g/mol. The molecule has 0 saturated carbocycles. The van der Waals surface area contributed by atoms with Crippen molar-refractivity contribution in [3.8, 4) is 0 Å². The summed E-state index contributed by atoms with van der Waals surface area (Å²) in [7, 11) is -1.97. The van der Waals surface area contributed by atoms with Crippen molar-refractivity contribution < 1.29 is 13.2 Å². The minimum atomic E-state index is -3.71. The molecular weight excluding hydrogens is 392 g/mol. The standard InChI is InChI=1S/C17H19BrN2O3S/c1-12(14-5-9-16(10-6-14)24(19,22)23)20(2)17(21)11-13-3-7-15(18)8-4-13/h3-10,12H,11H2,1-2H3,(H2,19,22,23)/t12-/m0/s1. The van der Waals surface area contributed by atoms with E-state index < -0.39 is 10.0 Å². The topological polar surface area (TPSA) is 80.5 Å². The highest BCUT2D eigenvalue weighted by Crippen LogP contribution is 2.21. The van der Waals surface area contributed by atoms with Crippen molar-refractivity contribution in [1.82, 2.24) is 4.90 Å². The van der Waals surface area contributed by atoms with Crippen molar-refractivity contribution in [2.24, 2.45) is 5.14 Å². The van der Waals surface area contributed by atoms with Crippen LogP contribution in [0.4, 0.5) is 0 Å². The number of hydrogen-bond acceptors (Lipinski definition) is 3. The summed E-state index contributed by atoms with van der Waals surface area (Å²) in [6.07, 6.45) is 0.309. The molecular formula is C17H19BrN2O3S. The zero-order chi connectivity index (χ0) is 17.9. The van der Waals surface area contributed by atoms with Crippen LogP contribution in [-0.2, 0) is 21.2 Å². The second-order valence-corrected chi connectivity index (χ2v) is 8.08. The van der Waals surface area contributed by atoms with Gasteiger partial charge in [0.05, 0.1) is 17.4 Å². The first-order valence-electron chi connectivity index (χ1n) is 7.31. The third-order valence-electron chi connectivity index (χ3n) is 3.93. The molecule has 2 aromatic carbocycles. The molecule has 128 valence electrons. The number of likely N-dealkylation sites (N-methyl/N-ethyl adjacent to an activating group) is 1. The normalized spacial score (nSPS) is 12.7. The molecule has 0 aliphatic heterocycles. The summed E-state index contributed by atoms with van der Waals surface area (Å²) in [6, 6.07) is 13.7. The smallest absolute Gasteiger partial charge is 0.238 e. The summed E-state index contributed by atoms with van der Waals surface area (Å²) in [6.45, 7) is 1.89. The summed E-state index contributed by atoms with van der Waals surface area (Å²) in [5.74, 6) is -0.0136. The van der Waals surface area contributed by atoms with Crippen LogP contribution >= 0.6 is 15.9 Å². The molecule has 1 amide bonds. The van der Waals surface area contributed by atoms with E-state index in [1.165, 1.54) is 12.1 Å². The molecule has 24 heavy (non-hydrogen) atoms. The molecule has 0 fully saturated rings. The van der Waals surface area contributed by atoms with Crippen LogP contribution in [0.3, 0.4) is 0 Å². The van der Waals surface area contributed by atoms with E-state index in [4.69, 9.17) is 5.14 Å². The summed E-state index contributed by atoms with van der Waals surface area (Å²) in [4.78, 5) is 14.1. The number of amides is 1. The molecule has 1 atom stereocenters. The molecule has 0 heterocycles. The highest BCUT2D eigenvalue weighted by atomic mass is 79.9. The molecule has 0 aromatic heterocycles. The van der Waals surface area contributed by atoms with Crippen LogP contribution in [0, 0.1) is 0 Å². The van der Waals surface area contributed by atoms with E-state index in [2.05, 4.69) is 15.9 Å². The monoisotopic (exact) mass is 410 g/mol. The quantitative estimate of drug-likeness (QED) is 0.822. The SMILES string of the molecule is C[C@@H](c1ccc(S(N)(=O)=O)cc1)N(C)C(=O)Cc1ccc(Br)cc1. The van der Waals surface area contributed by atoms with Gasteiger partial charge in [0, 0.05) is 11.5 Å². The van der Waals surface area contributed by atoms with Crippen LogP contribution in [0.1, 0.15) is 24.1 Å². The van der Waals surface area contributed by atoms with Gasteiger partial charge in [0.1, 0.15) is 0 Å². The van der Waals surface area contributed by atoms with Crippen molar-refractivity contribution in [3.05, 3.63) is 64.1 Å². The van der Waals surface area contributed by atoms with Gasteiger partial charge in [0.2, 0.25) is 15.9 Å². The van der Waals surface area contributed by atoms with Gasteiger partial charge in [-0.25, -0.2) is 13.6 Å². The lowest BCUT2D eigenvalue weighted by atomic mass is 10.1. The Morgan fingerprint density at radius 3 is 2.17 bits per heavy atom. The Bertz CT molecular complexity index is 818. The zero-order valence-electron chi connectivity index (χ0n) is 13.4. The predicted octanol–water partition coefficient (Wildman–Crippen LogP) is 2.86. The molecule has 7 heteroatoms. The molecule has 0 spiro atoms. The lowest BCUT2D eigenvalue weighted by Crippen LogP contribution is -2.31. The van der Waals surface area contributed by atoms with E-state index in [1.54, 1.807) is 24.1 Å². The number of carbonyl (C=O) groups excluding carboxylic acids is 1. The van der Waals surface area contributed by atoms with Gasteiger partial charge in [0.15, 0.2) is 0 Å². The van der Waals surface area contributed by atoms with E-state index in [-0.39, 0.29) is 16.8 Å². The Hall–Kier alpha value is -1.70. The number of benzene rings is 2. The van der Waals surface area contributed by atoms with E-state index >= 15 is 0 Å². The molecule has 0 aliphatic carbocycles. The molecule has 0 aliphatic rings. The summed E-state index contributed by atoms with van der Waals surface area (Å²) in [5.41, 5.74) is 1.78. The molecule has 0 unspecified atom stereocenters. The molecule has 5 nitrogen and oxygen atoms in total. The molecule has 0 bridgehead atoms. The third kappa shape index (κ3) is 4.66. The molecule has 0 radical (unpaired) electrons. The number of nitrogens with zero attached hydrogens (tertiary/aromatic N) is 1. The fourth-order valence-corrected chi connectivity index (χ4v) is 3.06. The Morgan fingerprint density at radius 2 is 1.67 bits per heavy atom. The number of carbonyl (C=O) groups is 1. The third-order valence-corrected chi connectivity index (χ3v) is 5.39. The van der Waals surface area contributed by atoms with E-state index in [0.717, 1.165) is 15.6 Å². The number of rotatable bonds is 5. The highest BCUT2D eigenvalue weighted by Gasteiger charge is 2.18. The van der Waals surface area contributed by atoms with Gasteiger partial charge in [-0.1, -0.05) is 40.2 Å². The van der Waals surface area contributed by atoms with Crippen molar-refractivity contribution in [1.29, 1.82) is 0 Å². The van der Waals surface area contributed by atoms with Crippen LogP contribution in [0.25, 0.3) is 0 Å². The molecule has 2 N–H and O–H groups in total. The first-order valence-corrected chi connectivity index (χ1v) is 9.65. The van der Waals surface area contributed by atoms with Crippen LogP contribution in [0.2, 0.25) is 0 Å². The van der Waals surface area contributed by atoms with E-state index in [9.17, 15) is 13.2 Å². The van der Waals surface area contributed by atoms with Gasteiger partial charge in [-0.15, -0.1) is 0 Å². The largest absolute Gasteiger partial charge is 0.339 e. The second-order valence-electron chi connectivity index (χ2n) is 5.60. The second kappa shape index (κ2) is 7.46. The van der Waals surface area contributed by atoms with Crippen LogP contribution in [0.5, 0.6) is 0 Å². The number of halogens is 1. The first kappa shape index (κ1) is 18.6. The lowest BCUT2D eigenvalue weighted by Gasteiger charge is -2.25. The van der Waals surface area contributed by atoms with Crippen molar-refractivity contribution in [2.75, 3.05) is 7.05 Å².